The number of pyridine rings is 1. The molecule has 2 heterocycles. The molecule has 1 aliphatic rings. The minimum Gasteiger partial charge on any atom is -0.321 e. The van der Waals surface area contributed by atoms with E-state index in [1.807, 2.05) is 84.9 Å². The van der Waals surface area contributed by atoms with Crippen molar-refractivity contribution in [2.24, 2.45) is 0 Å². The van der Waals surface area contributed by atoms with Crippen molar-refractivity contribution in [1.29, 1.82) is 0 Å². The summed E-state index contributed by atoms with van der Waals surface area (Å²) >= 11 is 3.56. The Bertz CT molecular complexity index is 1410. The fourth-order valence-electron chi connectivity index (χ4n) is 4.21. The number of halogens is 1. The van der Waals surface area contributed by atoms with Gasteiger partial charge in [0.05, 0.1) is 17.3 Å². The van der Waals surface area contributed by atoms with Crippen LogP contribution in [0, 0.1) is 0 Å². The molecule has 3 aromatic carbocycles. The van der Waals surface area contributed by atoms with Crippen LogP contribution in [0.3, 0.4) is 0 Å². The van der Waals surface area contributed by atoms with Crippen molar-refractivity contribution >= 4 is 38.4 Å². The summed E-state index contributed by atoms with van der Waals surface area (Å²) in [7, 11) is 0. The number of nitrogens with one attached hydrogen (secondary N) is 2. The van der Waals surface area contributed by atoms with Gasteiger partial charge in [-0.25, -0.2) is 5.01 Å². The molecule has 0 bridgehead atoms. The highest BCUT2D eigenvalue weighted by Gasteiger charge is 2.31. The first-order valence-corrected chi connectivity index (χ1v) is 11.1. The van der Waals surface area contributed by atoms with Crippen molar-refractivity contribution in [2.75, 3.05) is 0 Å². The Morgan fingerprint density at radius 1 is 0.938 bits per heavy atom. The Labute approximate surface area is 193 Å². The molecule has 0 aliphatic carbocycles. The minimum atomic E-state index is -0.315. The van der Waals surface area contributed by atoms with Gasteiger partial charge < -0.3 is 4.98 Å². The lowest BCUT2D eigenvalue weighted by atomic mass is 9.94. The van der Waals surface area contributed by atoms with E-state index in [4.69, 9.17) is 0 Å². The van der Waals surface area contributed by atoms with Crippen molar-refractivity contribution in [3.63, 3.8) is 0 Å². The van der Waals surface area contributed by atoms with E-state index in [2.05, 4.69) is 26.3 Å². The summed E-state index contributed by atoms with van der Waals surface area (Å²) in [5.74, 6) is -0.133. The Hall–Kier alpha value is -3.64. The van der Waals surface area contributed by atoms with E-state index < -0.39 is 0 Å². The van der Waals surface area contributed by atoms with Crippen LogP contribution >= 0.6 is 15.9 Å². The van der Waals surface area contributed by atoms with Gasteiger partial charge in [0.15, 0.2) is 0 Å². The SMILES string of the molecule is CC(=O)N1NC(c2c(-c3ccccc3)c3cc(Br)ccc3[nH]c2=O)=C[C@@H]1c1ccccc1. The number of hydrogen-bond donors (Lipinski definition) is 2. The second-order valence-electron chi connectivity index (χ2n) is 7.70. The maximum absolute atomic E-state index is 13.4. The lowest BCUT2D eigenvalue weighted by Crippen LogP contribution is -2.38. The molecule has 5 nitrogen and oxygen atoms in total. The van der Waals surface area contributed by atoms with E-state index in [9.17, 15) is 9.59 Å². The number of hydrazine groups is 1. The molecule has 1 aliphatic heterocycles. The van der Waals surface area contributed by atoms with Gasteiger partial charge in [-0.2, -0.15) is 0 Å². The zero-order valence-electron chi connectivity index (χ0n) is 17.3. The maximum atomic E-state index is 13.4. The van der Waals surface area contributed by atoms with E-state index in [1.165, 1.54) is 6.92 Å². The van der Waals surface area contributed by atoms with Gasteiger partial charge in [0.1, 0.15) is 0 Å². The third kappa shape index (κ3) is 3.52. The predicted octanol–water partition coefficient (Wildman–Crippen LogP) is 5.41. The summed E-state index contributed by atoms with van der Waals surface area (Å²) in [4.78, 5) is 28.8. The van der Waals surface area contributed by atoms with Gasteiger partial charge in [-0.3, -0.25) is 15.0 Å². The largest absolute Gasteiger partial charge is 0.321 e. The molecule has 0 spiro atoms. The van der Waals surface area contributed by atoms with Gasteiger partial charge >= 0.3 is 0 Å². The number of H-pyrrole nitrogens is 1. The summed E-state index contributed by atoms with van der Waals surface area (Å²) in [5.41, 5.74) is 7.56. The van der Waals surface area contributed by atoms with E-state index in [0.717, 1.165) is 32.1 Å². The summed E-state index contributed by atoms with van der Waals surface area (Å²) in [6, 6.07) is 25.1. The summed E-state index contributed by atoms with van der Waals surface area (Å²) in [5, 5.41) is 2.48. The van der Waals surface area contributed by atoms with Crippen LogP contribution in [-0.2, 0) is 4.79 Å². The highest BCUT2D eigenvalue weighted by molar-refractivity contribution is 9.10. The van der Waals surface area contributed by atoms with Gasteiger partial charge in [0, 0.05) is 27.9 Å². The first-order chi connectivity index (χ1) is 15.5. The number of aromatic amines is 1. The number of aromatic nitrogens is 1. The number of hydrogen-bond acceptors (Lipinski definition) is 3. The topological polar surface area (TPSA) is 65.2 Å². The number of rotatable bonds is 3. The Morgan fingerprint density at radius 3 is 2.31 bits per heavy atom. The molecule has 5 rings (SSSR count). The molecule has 2 N–H and O–H groups in total. The number of amides is 1. The lowest BCUT2D eigenvalue weighted by Gasteiger charge is -2.24. The first kappa shape index (κ1) is 20.3. The second-order valence-corrected chi connectivity index (χ2v) is 8.61. The zero-order chi connectivity index (χ0) is 22.2. The van der Waals surface area contributed by atoms with E-state index in [1.54, 1.807) is 5.01 Å². The quantitative estimate of drug-likeness (QED) is 0.407. The van der Waals surface area contributed by atoms with Crippen LogP contribution < -0.4 is 11.0 Å². The van der Waals surface area contributed by atoms with Gasteiger partial charge in [-0.15, -0.1) is 0 Å². The second kappa shape index (κ2) is 8.13. The average Bonchev–Trinajstić information content (AvgIpc) is 3.25. The van der Waals surface area contributed by atoms with E-state index in [0.29, 0.717) is 11.3 Å². The Balaban J connectivity index is 1.78. The summed E-state index contributed by atoms with van der Waals surface area (Å²) in [6.45, 7) is 1.51. The Kier molecular flexibility index (Phi) is 5.15. The summed E-state index contributed by atoms with van der Waals surface area (Å²) < 4.78 is 0.918. The van der Waals surface area contributed by atoms with Gasteiger partial charge in [-0.05, 0) is 35.4 Å². The molecule has 158 valence electrons. The molecular weight excluding hydrogens is 466 g/mol. The molecule has 4 aromatic rings. The monoisotopic (exact) mass is 485 g/mol. The maximum Gasteiger partial charge on any atom is 0.258 e. The fraction of sp³-hybridized carbons (Fsp3) is 0.0769. The van der Waals surface area contributed by atoms with Crippen molar-refractivity contribution in [1.82, 2.24) is 15.4 Å². The van der Waals surface area contributed by atoms with Crippen LogP contribution in [0.4, 0.5) is 0 Å². The molecule has 1 atom stereocenters. The Morgan fingerprint density at radius 2 is 1.62 bits per heavy atom. The smallest absolute Gasteiger partial charge is 0.258 e. The number of nitrogens with zero attached hydrogens (tertiary/aromatic N) is 1. The summed E-state index contributed by atoms with van der Waals surface area (Å²) in [6.07, 6.45) is 1.94. The average molecular weight is 486 g/mol. The molecular formula is C26H20BrN3O2. The molecule has 1 amide bonds. The van der Waals surface area contributed by atoms with Crippen LogP contribution in [0.25, 0.3) is 27.7 Å². The normalized spacial score (nSPS) is 15.5. The van der Waals surface area contributed by atoms with E-state index >= 15 is 0 Å². The number of carbonyl (C=O) groups excluding carboxylic acids is 1. The third-order valence-electron chi connectivity index (χ3n) is 5.63. The third-order valence-corrected chi connectivity index (χ3v) is 6.13. The molecule has 6 heteroatoms. The molecule has 32 heavy (non-hydrogen) atoms. The fourth-order valence-corrected chi connectivity index (χ4v) is 4.57. The predicted molar refractivity (Wildman–Crippen MR) is 131 cm³/mol. The molecule has 0 saturated heterocycles. The molecule has 0 unspecified atom stereocenters. The van der Waals surface area contributed by atoms with Crippen LogP contribution in [0.5, 0.6) is 0 Å². The standard InChI is InChI=1S/C26H20BrN3O2/c1-16(31)30-23(17-8-4-2-5-9-17)15-22(29-30)25-24(18-10-6-3-7-11-18)20-14-19(27)12-13-21(20)28-26(25)32/h2-15,23,29H,1H3,(H,28,32)/t23-/m1/s1. The number of benzene rings is 3. The van der Waals surface area contributed by atoms with Crippen molar-refractivity contribution in [2.45, 2.75) is 13.0 Å². The van der Waals surface area contributed by atoms with Crippen LogP contribution in [0.1, 0.15) is 24.1 Å². The molecule has 0 saturated carbocycles. The van der Waals surface area contributed by atoms with Crippen LogP contribution in [0.2, 0.25) is 0 Å². The molecule has 0 fully saturated rings. The van der Waals surface area contributed by atoms with Gasteiger partial charge in [0.25, 0.3) is 5.56 Å². The van der Waals surface area contributed by atoms with Crippen molar-refractivity contribution in [3.8, 4) is 11.1 Å². The zero-order valence-corrected chi connectivity index (χ0v) is 18.9. The van der Waals surface area contributed by atoms with Crippen LogP contribution in [-0.4, -0.2) is 15.9 Å². The minimum absolute atomic E-state index is 0.133. The number of carbonyl (C=O) groups is 1. The molecule has 0 radical (unpaired) electrons. The number of fused-ring (bicyclic) bond motifs is 1. The highest BCUT2D eigenvalue weighted by Crippen LogP contribution is 2.37. The van der Waals surface area contributed by atoms with Crippen molar-refractivity contribution in [3.05, 3.63) is 111 Å². The van der Waals surface area contributed by atoms with E-state index in [-0.39, 0.29) is 17.5 Å². The lowest BCUT2D eigenvalue weighted by molar-refractivity contribution is -0.132. The molecule has 1 aromatic heterocycles. The first-order valence-electron chi connectivity index (χ1n) is 10.3. The highest BCUT2D eigenvalue weighted by atomic mass is 79.9. The van der Waals surface area contributed by atoms with Gasteiger partial charge in [-0.1, -0.05) is 76.6 Å². The van der Waals surface area contributed by atoms with Crippen molar-refractivity contribution < 1.29 is 4.79 Å². The van der Waals surface area contributed by atoms with Crippen LogP contribution in [0.15, 0.2) is 94.2 Å². The van der Waals surface area contributed by atoms with Gasteiger partial charge in [0.2, 0.25) is 5.91 Å².